The van der Waals surface area contributed by atoms with Gasteiger partial charge in [-0.3, -0.25) is 4.79 Å². The van der Waals surface area contributed by atoms with Crippen LogP contribution >= 0.6 is 0 Å². The third-order valence-corrected chi connectivity index (χ3v) is 2.86. The first-order valence-corrected chi connectivity index (χ1v) is 4.86. The van der Waals surface area contributed by atoms with Crippen LogP contribution in [0.4, 0.5) is 4.39 Å². The first-order valence-electron chi connectivity index (χ1n) is 4.86. The van der Waals surface area contributed by atoms with E-state index in [0.29, 0.717) is 12.0 Å². The lowest BCUT2D eigenvalue weighted by Crippen LogP contribution is -2.55. The van der Waals surface area contributed by atoms with Crippen LogP contribution in [0.25, 0.3) is 0 Å². The molecule has 1 aliphatic rings. The van der Waals surface area contributed by atoms with Gasteiger partial charge in [-0.15, -0.1) is 0 Å². The monoisotopic (exact) mass is 209 g/mol. The number of rotatable bonds is 3. The van der Waals surface area contributed by atoms with Gasteiger partial charge in [-0.2, -0.15) is 0 Å². The quantitative estimate of drug-likeness (QED) is 0.792. The molecule has 0 radical (unpaired) electrons. The molecule has 80 valence electrons. The van der Waals surface area contributed by atoms with E-state index in [4.69, 9.17) is 5.11 Å². The molecule has 0 aliphatic carbocycles. The smallest absolute Gasteiger partial charge is 0.305 e. The van der Waals surface area contributed by atoms with E-state index in [-0.39, 0.29) is 12.2 Å². The van der Waals surface area contributed by atoms with Gasteiger partial charge in [0.15, 0.2) is 0 Å². The minimum absolute atomic E-state index is 0.0755. The van der Waals surface area contributed by atoms with Crippen molar-refractivity contribution in [2.24, 2.45) is 0 Å². The third-order valence-electron chi connectivity index (χ3n) is 2.86. The van der Waals surface area contributed by atoms with Crippen LogP contribution in [0.5, 0.6) is 0 Å². The highest BCUT2D eigenvalue weighted by molar-refractivity contribution is 5.69. The lowest BCUT2D eigenvalue weighted by atomic mass is 9.78. The Hall–Kier alpha value is -1.42. The summed E-state index contributed by atoms with van der Waals surface area (Å²) in [6, 6.07) is 6.33. The van der Waals surface area contributed by atoms with Crippen molar-refractivity contribution in [2.75, 3.05) is 6.54 Å². The summed E-state index contributed by atoms with van der Waals surface area (Å²) < 4.78 is 13.5. The van der Waals surface area contributed by atoms with Gasteiger partial charge in [-0.1, -0.05) is 18.2 Å². The lowest BCUT2D eigenvalue weighted by molar-refractivity contribution is -0.139. The molecule has 0 amide bonds. The molecule has 1 aliphatic heterocycles. The van der Waals surface area contributed by atoms with E-state index < -0.39 is 11.5 Å². The van der Waals surface area contributed by atoms with Crippen molar-refractivity contribution in [1.29, 1.82) is 0 Å². The van der Waals surface area contributed by atoms with Crippen LogP contribution in [0.2, 0.25) is 0 Å². The molecule has 3 nitrogen and oxygen atoms in total. The molecule has 1 saturated heterocycles. The average molecular weight is 209 g/mol. The van der Waals surface area contributed by atoms with Crippen molar-refractivity contribution < 1.29 is 14.3 Å². The Morgan fingerprint density at radius 2 is 2.20 bits per heavy atom. The highest BCUT2D eigenvalue weighted by atomic mass is 19.1. The number of carboxylic acids is 1. The van der Waals surface area contributed by atoms with Gasteiger partial charge in [0.05, 0.1) is 12.0 Å². The molecular formula is C11H12FNO2. The fourth-order valence-electron chi connectivity index (χ4n) is 2.01. The van der Waals surface area contributed by atoms with Crippen molar-refractivity contribution in [3.63, 3.8) is 0 Å². The zero-order valence-electron chi connectivity index (χ0n) is 8.16. The molecule has 0 spiro atoms. The highest BCUT2D eigenvalue weighted by Gasteiger charge is 2.41. The van der Waals surface area contributed by atoms with Crippen molar-refractivity contribution in [3.05, 3.63) is 35.6 Å². The number of hydrogen-bond donors (Lipinski definition) is 2. The highest BCUT2D eigenvalue weighted by Crippen LogP contribution is 2.35. The number of benzene rings is 1. The number of hydrogen-bond acceptors (Lipinski definition) is 2. The maximum absolute atomic E-state index is 13.5. The van der Waals surface area contributed by atoms with Gasteiger partial charge in [0.1, 0.15) is 5.82 Å². The zero-order chi connectivity index (χ0) is 10.9. The molecule has 4 heteroatoms. The first kappa shape index (κ1) is 10.1. The van der Waals surface area contributed by atoms with E-state index in [0.717, 1.165) is 6.54 Å². The van der Waals surface area contributed by atoms with Crippen molar-refractivity contribution in [2.45, 2.75) is 18.4 Å². The van der Waals surface area contributed by atoms with Crippen molar-refractivity contribution >= 4 is 5.97 Å². The molecule has 15 heavy (non-hydrogen) atoms. The number of aliphatic carboxylic acids is 1. The number of carbonyl (C=O) groups is 1. The molecular weight excluding hydrogens is 197 g/mol. The first-order chi connectivity index (χ1) is 7.14. The van der Waals surface area contributed by atoms with Crippen LogP contribution in [-0.2, 0) is 10.3 Å². The second kappa shape index (κ2) is 3.62. The maximum Gasteiger partial charge on any atom is 0.305 e. The Morgan fingerprint density at radius 1 is 1.53 bits per heavy atom. The summed E-state index contributed by atoms with van der Waals surface area (Å²) in [7, 11) is 0. The molecule has 2 N–H and O–H groups in total. The fourth-order valence-corrected chi connectivity index (χ4v) is 2.01. The van der Waals surface area contributed by atoms with E-state index in [1.165, 1.54) is 6.07 Å². The fraction of sp³-hybridized carbons (Fsp3) is 0.364. The van der Waals surface area contributed by atoms with E-state index in [2.05, 4.69) is 5.32 Å². The van der Waals surface area contributed by atoms with Crippen LogP contribution < -0.4 is 5.32 Å². The summed E-state index contributed by atoms with van der Waals surface area (Å²) >= 11 is 0. The molecule has 1 atom stereocenters. The Balaban J connectivity index is 2.34. The van der Waals surface area contributed by atoms with E-state index in [9.17, 15) is 9.18 Å². The minimum Gasteiger partial charge on any atom is -0.481 e. The summed E-state index contributed by atoms with van der Waals surface area (Å²) in [5.74, 6) is -1.25. The molecule has 1 aromatic carbocycles. The maximum atomic E-state index is 13.5. The van der Waals surface area contributed by atoms with Gasteiger partial charge < -0.3 is 10.4 Å². The minimum atomic E-state index is -0.912. The summed E-state index contributed by atoms with van der Waals surface area (Å²) in [6.45, 7) is 0.738. The third kappa shape index (κ3) is 1.72. The molecule has 1 heterocycles. The molecule has 0 aromatic heterocycles. The largest absolute Gasteiger partial charge is 0.481 e. The Labute approximate surface area is 86.9 Å². The summed E-state index contributed by atoms with van der Waals surface area (Å²) in [5, 5.41) is 11.8. The Bertz CT molecular complexity index is 388. The van der Waals surface area contributed by atoms with Gasteiger partial charge in [-0.25, -0.2) is 4.39 Å². The van der Waals surface area contributed by atoms with Gasteiger partial charge in [0, 0.05) is 5.56 Å². The SMILES string of the molecule is O=C(O)CC1(c2ccccc2F)CCN1. The van der Waals surface area contributed by atoms with Gasteiger partial charge in [-0.05, 0) is 19.0 Å². The van der Waals surface area contributed by atoms with Crippen molar-refractivity contribution in [3.8, 4) is 0 Å². The van der Waals surface area contributed by atoms with E-state index >= 15 is 0 Å². The zero-order valence-corrected chi connectivity index (χ0v) is 8.16. The number of nitrogens with one attached hydrogen (secondary N) is 1. The predicted octanol–water partition coefficient (Wildman–Crippen LogP) is 1.49. The molecule has 1 unspecified atom stereocenters. The Kier molecular flexibility index (Phi) is 2.44. The van der Waals surface area contributed by atoms with Crippen LogP contribution in [0.15, 0.2) is 24.3 Å². The van der Waals surface area contributed by atoms with Gasteiger partial charge in [0.2, 0.25) is 0 Å². The lowest BCUT2D eigenvalue weighted by Gasteiger charge is -2.42. The normalized spacial score (nSPS) is 24.6. The second-order valence-corrected chi connectivity index (χ2v) is 3.81. The second-order valence-electron chi connectivity index (χ2n) is 3.81. The van der Waals surface area contributed by atoms with Crippen molar-refractivity contribution in [1.82, 2.24) is 5.32 Å². The summed E-state index contributed by atoms with van der Waals surface area (Å²) in [6.07, 6.45) is 0.591. The Morgan fingerprint density at radius 3 is 2.67 bits per heavy atom. The standard InChI is InChI=1S/C11H12FNO2/c12-9-4-2-1-3-8(9)11(5-6-13-11)7-10(14)15/h1-4,13H,5-7H2,(H,14,15). The van der Waals surface area contributed by atoms with Crippen LogP contribution in [0.1, 0.15) is 18.4 Å². The summed E-state index contributed by atoms with van der Waals surface area (Å²) in [4.78, 5) is 10.7. The number of carboxylic acid groups (broad SMARTS) is 1. The summed E-state index contributed by atoms with van der Waals surface area (Å²) in [5.41, 5.74) is -0.240. The van der Waals surface area contributed by atoms with E-state index in [1.54, 1.807) is 18.2 Å². The van der Waals surface area contributed by atoms with Crippen LogP contribution in [-0.4, -0.2) is 17.6 Å². The van der Waals surface area contributed by atoms with E-state index in [1.807, 2.05) is 0 Å². The predicted molar refractivity (Wildman–Crippen MR) is 53.0 cm³/mol. The topological polar surface area (TPSA) is 49.3 Å². The molecule has 0 saturated carbocycles. The van der Waals surface area contributed by atoms with Gasteiger partial charge >= 0.3 is 5.97 Å². The number of halogens is 1. The molecule has 2 rings (SSSR count). The molecule has 1 fully saturated rings. The average Bonchev–Trinajstić information content (AvgIpc) is 2.12. The van der Waals surface area contributed by atoms with Gasteiger partial charge in [0.25, 0.3) is 0 Å². The van der Waals surface area contributed by atoms with Crippen LogP contribution in [0.3, 0.4) is 0 Å². The molecule has 0 bridgehead atoms. The van der Waals surface area contributed by atoms with Crippen LogP contribution in [0, 0.1) is 5.82 Å². The molecule has 1 aromatic rings.